The predicted molar refractivity (Wildman–Crippen MR) is 87.3 cm³/mol. The van der Waals surface area contributed by atoms with Gasteiger partial charge in [0.05, 0.1) is 0 Å². The monoisotopic (exact) mass is 292 g/mol. The molecule has 1 aliphatic carbocycles. The lowest BCUT2D eigenvalue weighted by Crippen LogP contribution is -2.50. The van der Waals surface area contributed by atoms with Crippen LogP contribution in [0.5, 0.6) is 0 Å². The highest BCUT2D eigenvalue weighted by Gasteiger charge is 2.39. The highest BCUT2D eigenvalue weighted by molar-refractivity contribution is 7.10. The summed E-state index contributed by atoms with van der Waals surface area (Å²) in [5.41, 5.74) is 0.418. The summed E-state index contributed by atoms with van der Waals surface area (Å²) in [6, 6.07) is 5.14. The van der Waals surface area contributed by atoms with Crippen LogP contribution in [0.15, 0.2) is 17.5 Å². The third-order valence-corrected chi connectivity index (χ3v) is 5.99. The minimum absolute atomic E-state index is 0.418. The topological polar surface area (TPSA) is 15.3 Å². The molecule has 0 radical (unpaired) electrons. The first-order chi connectivity index (χ1) is 9.70. The predicted octanol–water partition coefficient (Wildman–Crippen LogP) is 4.05. The van der Waals surface area contributed by atoms with E-state index in [4.69, 9.17) is 0 Å². The quantitative estimate of drug-likeness (QED) is 0.904. The highest BCUT2D eigenvalue weighted by atomic mass is 32.1. The van der Waals surface area contributed by atoms with Crippen LogP contribution >= 0.6 is 11.3 Å². The number of hydrogen-bond acceptors (Lipinski definition) is 3. The van der Waals surface area contributed by atoms with E-state index in [2.05, 4.69) is 41.6 Å². The largest absolute Gasteiger partial charge is 0.310 e. The third-order valence-electron chi connectivity index (χ3n) is 5.05. The van der Waals surface area contributed by atoms with Gasteiger partial charge in [0.15, 0.2) is 0 Å². The average Bonchev–Trinajstić information content (AvgIpc) is 3.02. The fourth-order valence-corrected chi connectivity index (χ4v) is 5.21. The summed E-state index contributed by atoms with van der Waals surface area (Å²) < 4.78 is 0. The average molecular weight is 292 g/mol. The van der Waals surface area contributed by atoms with Crippen molar-refractivity contribution in [2.24, 2.45) is 5.92 Å². The Morgan fingerprint density at radius 2 is 2.05 bits per heavy atom. The van der Waals surface area contributed by atoms with E-state index in [9.17, 15) is 0 Å². The number of rotatable bonds is 3. The molecule has 1 saturated carbocycles. The van der Waals surface area contributed by atoms with Crippen LogP contribution in [-0.4, -0.2) is 30.1 Å². The number of nitrogens with zero attached hydrogens (tertiary/aromatic N) is 1. The second-order valence-corrected chi connectivity index (χ2v) is 7.92. The molecule has 2 aliphatic rings. The fourth-order valence-electron chi connectivity index (χ4n) is 4.17. The lowest BCUT2D eigenvalue weighted by Gasteiger charge is -2.39. The third kappa shape index (κ3) is 2.95. The summed E-state index contributed by atoms with van der Waals surface area (Å²) in [6.45, 7) is 8.45. The van der Waals surface area contributed by atoms with E-state index in [0.717, 1.165) is 0 Å². The van der Waals surface area contributed by atoms with E-state index in [1.54, 1.807) is 4.88 Å². The van der Waals surface area contributed by atoms with E-state index in [0.29, 0.717) is 17.5 Å². The Balaban J connectivity index is 1.82. The van der Waals surface area contributed by atoms with E-state index < -0.39 is 0 Å². The first-order valence-electron chi connectivity index (χ1n) is 8.23. The lowest BCUT2D eigenvalue weighted by molar-refractivity contribution is 0.127. The zero-order chi connectivity index (χ0) is 14.0. The summed E-state index contributed by atoms with van der Waals surface area (Å²) in [7, 11) is 0. The van der Waals surface area contributed by atoms with Crippen LogP contribution < -0.4 is 5.32 Å². The molecule has 1 aromatic heterocycles. The highest BCUT2D eigenvalue weighted by Crippen LogP contribution is 2.37. The molecule has 20 heavy (non-hydrogen) atoms. The van der Waals surface area contributed by atoms with Crippen LogP contribution in [0.4, 0.5) is 0 Å². The molecule has 2 heterocycles. The first-order valence-corrected chi connectivity index (χ1v) is 9.11. The van der Waals surface area contributed by atoms with Gasteiger partial charge in [0.2, 0.25) is 0 Å². The first kappa shape index (κ1) is 14.6. The molecule has 0 bridgehead atoms. The lowest BCUT2D eigenvalue weighted by atomic mass is 9.94. The molecule has 1 aromatic rings. The summed E-state index contributed by atoms with van der Waals surface area (Å²) in [4.78, 5) is 4.33. The molecule has 1 unspecified atom stereocenters. The van der Waals surface area contributed by atoms with E-state index in [-0.39, 0.29) is 0 Å². The van der Waals surface area contributed by atoms with Gasteiger partial charge in [-0.1, -0.05) is 32.8 Å². The number of thiophene rings is 1. The van der Waals surface area contributed by atoms with Gasteiger partial charge in [0, 0.05) is 29.5 Å². The van der Waals surface area contributed by atoms with Gasteiger partial charge >= 0.3 is 0 Å². The standard InChI is InChI=1S/C17H28N2S/c1-14(2)16(15-7-5-12-20-15)19-11-6-10-18-17(13-19)8-3-4-9-17/h5,7,12,14,16,18H,3-4,6,8-11,13H2,1-2H3. The minimum Gasteiger partial charge on any atom is -0.310 e. The van der Waals surface area contributed by atoms with E-state index >= 15 is 0 Å². The van der Waals surface area contributed by atoms with Crippen molar-refractivity contribution in [3.8, 4) is 0 Å². The van der Waals surface area contributed by atoms with Crippen LogP contribution in [-0.2, 0) is 0 Å². The molecule has 112 valence electrons. The van der Waals surface area contributed by atoms with Crippen LogP contribution in [0.3, 0.4) is 0 Å². The molecule has 1 N–H and O–H groups in total. The Labute approximate surface area is 127 Å². The maximum atomic E-state index is 3.89. The second-order valence-electron chi connectivity index (χ2n) is 6.94. The summed E-state index contributed by atoms with van der Waals surface area (Å²) in [5.74, 6) is 0.685. The van der Waals surface area contributed by atoms with Crippen molar-refractivity contribution in [1.29, 1.82) is 0 Å². The van der Waals surface area contributed by atoms with Gasteiger partial charge in [-0.05, 0) is 43.2 Å². The van der Waals surface area contributed by atoms with Crippen molar-refractivity contribution in [2.45, 2.75) is 57.5 Å². The molecule has 1 saturated heterocycles. The Morgan fingerprint density at radius 1 is 1.25 bits per heavy atom. The van der Waals surface area contributed by atoms with Crippen molar-refractivity contribution < 1.29 is 0 Å². The normalized spacial score (nSPS) is 25.1. The van der Waals surface area contributed by atoms with Crippen molar-refractivity contribution in [3.05, 3.63) is 22.4 Å². The van der Waals surface area contributed by atoms with Crippen molar-refractivity contribution in [2.75, 3.05) is 19.6 Å². The van der Waals surface area contributed by atoms with Crippen LogP contribution in [0.2, 0.25) is 0 Å². The molecule has 0 amide bonds. The Hall–Kier alpha value is -0.380. The number of hydrogen-bond donors (Lipinski definition) is 1. The number of nitrogens with one attached hydrogen (secondary N) is 1. The Bertz CT molecular complexity index is 407. The van der Waals surface area contributed by atoms with Gasteiger partial charge in [-0.15, -0.1) is 11.3 Å². The van der Waals surface area contributed by atoms with Crippen molar-refractivity contribution in [1.82, 2.24) is 10.2 Å². The smallest absolute Gasteiger partial charge is 0.0465 e. The van der Waals surface area contributed by atoms with Crippen molar-refractivity contribution in [3.63, 3.8) is 0 Å². The van der Waals surface area contributed by atoms with Crippen molar-refractivity contribution >= 4 is 11.3 Å². The van der Waals surface area contributed by atoms with Gasteiger partial charge < -0.3 is 5.32 Å². The van der Waals surface area contributed by atoms with Gasteiger partial charge in [-0.3, -0.25) is 4.90 Å². The maximum Gasteiger partial charge on any atom is 0.0465 e. The molecule has 2 fully saturated rings. The van der Waals surface area contributed by atoms with Gasteiger partial charge in [-0.2, -0.15) is 0 Å². The zero-order valence-electron chi connectivity index (χ0n) is 12.9. The van der Waals surface area contributed by atoms with E-state index in [1.165, 1.54) is 51.7 Å². The summed E-state index contributed by atoms with van der Waals surface area (Å²) >= 11 is 1.93. The molecule has 2 nitrogen and oxygen atoms in total. The molecule has 3 rings (SSSR count). The van der Waals surface area contributed by atoms with Crippen LogP contribution in [0.25, 0.3) is 0 Å². The maximum absolute atomic E-state index is 3.89. The molecular weight excluding hydrogens is 264 g/mol. The second kappa shape index (κ2) is 6.17. The molecule has 1 atom stereocenters. The molecule has 1 aliphatic heterocycles. The SMILES string of the molecule is CC(C)C(c1cccs1)N1CCCNC2(CCCC2)C1. The molecular formula is C17H28N2S. The van der Waals surface area contributed by atoms with Crippen LogP contribution in [0, 0.1) is 5.92 Å². The van der Waals surface area contributed by atoms with Gasteiger partial charge in [0.1, 0.15) is 0 Å². The van der Waals surface area contributed by atoms with E-state index in [1.807, 2.05) is 11.3 Å². The zero-order valence-corrected chi connectivity index (χ0v) is 13.7. The summed E-state index contributed by atoms with van der Waals surface area (Å²) in [5, 5.41) is 6.12. The van der Waals surface area contributed by atoms with Gasteiger partial charge in [0.25, 0.3) is 0 Å². The molecule has 0 aromatic carbocycles. The Kier molecular flexibility index (Phi) is 4.49. The fraction of sp³-hybridized carbons (Fsp3) is 0.765. The summed E-state index contributed by atoms with van der Waals surface area (Å²) in [6.07, 6.45) is 6.85. The van der Waals surface area contributed by atoms with Gasteiger partial charge in [-0.25, -0.2) is 0 Å². The minimum atomic E-state index is 0.418. The Morgan fingerprint density at radius 3 is 2.70 bits per heavy atom. The molecule has 1 spiro atoms. The van der Waals surface area contributed by atoms with Crippen LogP contribution in [0.1, 0.15) is 56.9 Å². The molecule has 3 heteroatoms.